The topological polar surface area (TPSA) is 26.8 Å². The third-order valence-electron chi connectivity index (χ3n) is 5.41. The maximum absolute atomic E-state index is 11.6. The molecular formula is C19H28ClN3O. The van der Waals surface area contributed by atoms with Crippen LogP contribution in [-0.4, -0.2) is 65.9 Å². The van der Waals surface area contributed by atoms with E-state index in [1.807, 2.05) is 17.0 Å². The van der Waals surface area contributed by atoms with Crippen LogP contribution in [0.2, 0.25) is 5.02 Å². The number of rotatable bonds is 3. The summed E-state index contributed by atoms with van der Waals surface area (Å²) in [6.07, 6.45) is 1.08. The zero-order valence-corrected chi connectivity index (χ0v) is 15.5. The Balaban J connectivity index is 1.57. The lowest BCUT2D eigenvalue weighted by atomic mass is 10.0. The number of nitrogens with zero attached hydrogens (tertiary/aromatic N) is 3. The van der Waals surface area contributed by atoms with Crippen LogP contribution < -0.4 is 0 Å². The van der Waals surface area contributed by atoms with E-state index in [0.717, 1.165) is 57.3 Å². The van der Waals surface area contributed by atoms with Gasteiger partial charge in [0.15, 0.2) is 0 Å². The van der Waals surface area contributed by atoms with Gasteiger partial charge in [-0.25, -0.2) is 0 Å². The molecule has 2 aliphatic rings. The van der Waals surface area contributed by atoms with Crippen molar-refractivity contribution in [3.05, 3.63) is 34.9 Å². The molecule has 0 aromatic heterocycles. The Kier molecular flexibility index (Phi) is 5.80. The molecule has 0 spiro atoms. The molecule has 4 nitrogen and oxygen atoms in total. The van der Waals surface area contributed by atoms with Gasteiger partial charge >= 0.3 is 0 Å². The lowest BCUT2D eigenvalue weighted by Crippen LogP contribution is -2.42. The van der Waals surface area contributed by atoms with Gasteiger partial charge in [0.05, 0.1) is 0 Å². The number of amides is 1. The normalized spacial score (nSPS) is 26.5. The van der Waals surface area contributed by atoms with Crippen LogP contribution in [0, 0.1) is 5.92 Å². The maximum Gasteiger partial charge on any atom is 0.219 e. The van der Waals surface area contributed by atoms with E-state index in [4.69, 9.17) is 11.6 Å². The fourth-order valence-electron chi connectivity index (χ4n) is 4.08. The molecule has 0 radical (unpaired) electrons. The highest BCUT2D eigenvalue weighted by molar-refractivity contribution is 6.30. The predicted octanol–water partition coefficient (Wildman–Crippen LogP) is 2.71. The average molecular weight is 350 g/mol. The van der Waals surface area contributed by atoms with Crippen LogP contribution >= 0.6 is 11.6 Å². The Hall–Kier alpha value is -1.10. The van der Waals surface area contributed by atoms with Gasteiger partial charge in [-0.05, 0) is 30.0 Å². The molecular weight excluding hydrogens is 322 g/mol. The smallest absolute Gasteiger partial charge is 0.219 e. The highest BCUT2D eigenvalue weighted by atomic mass is 35.5. The standard InChI is InChI=1S/C19H28ClN3O/c1-15-12-21(13-17-4-6-18(20)7-5-17)14-19(15)23-9-3-8-22(10-11-23)16(2)24/h4-7,15,19H,3,8-14H2,1-2H3/t15-,19+/m1/s1. The summed E-state index contributed by atoms with van der Waals surface area (Å²) in [4.78, 5) is 18.8. The molecule has 1 amide bonds. The predicted molar refractivity (Wildman–Crippen MR) is 98.1 cm³/mol. The highest BCUT2D eigenvalue weighted by Gasteiger charge is 2.34. The molecule has 0 N–H and O–H groups in total. The molecule has 2 heterocycles. The van der Waals surface area contributed by atoms with Crippen molar-refractivity contribution in [3.8, 4) is 0 Å². The molecule has 0 unspecified atom stereocenters. The molecule has 0 aliphatic carbocycles. The van der Waals surface area contributed by atoms with E-state index < -0.39 is 0 Å². The lowest BCUT2D eigenvalue weighted by Gasteiger charge is -2.30. The van der Waals surface area contributed by atoms with E-state index in [2.05, 4.69) is 28.9 Å². The Labute approximate surface area is 150 Å². The van der Waals surface area contributed by atoms with Crippen molar-refractivity contribution in [2.75, 3.05) is 39.3 Å². The Morgan fingerprint density at radius 1 is 1.12 bits per heavy atom. The monoisotopic (exact) mass is 349 g/mol. The van der Waals surface area contributed by atoms with E-state index in [0.29, 0.717) is 12.0 Å². The zero-order valence-electron chi connectivity index (χ0n) is 14.7. The number of carbonyl (C=O) groups excluding carboxylic acids is 1. The summed E-state index contributed by atoms with van der Waals surface area (Å²) in [6.45, 7) is 11.2. The Bertz CT molecular complexity index is 562. The van der Waals surface area contributed by atoms with Crippen LogP contribution in [0.3, 0.4) is 0 Å². The third-order valence-corrected chi connectivity index (χ3v) is 5.66. The van der Waals surface area contributed by atoms with Gasteiger partial charge in [0, 0.05) is 63.8 Å². The number of hydrogen-bond acceptors (Lipinski definition) is 3. The van der Waals surface area contributed by atoms with Crippen molar-refractivity contribution in [1.29, 1.82) is 0 Å². The van der Waals surface area contributed by atoms with E-state index in [9.17, 15) is 4.79 Å². The molecule has 3 rings (SSSR count). The molecule has 1 aromatic rings. The van der Waals surface area contributed by atoms with Crippen LogP contribution in [0.15, 0.2) is 24.3 Å². The second-order valence-corrected chi connectivity index (χ2v) is 7.70. The van der Waals surface area contributed by atoms with Crippen molar-refractivity contribution < 1.29 is 4.79 Å². The van der Waals surface area contributed by atoms with Crippen LogP contribution in [0.25, 0.3) is 0 Å². The maximum atomic E-state index is 11.6. The second kappa shape index (κ2) is 7.85. The van der Waals surface area contributed by atoms with Crippen molar-refractivity contribution in [2.45, 2.75) is 32.9 Å². The molecule has 24 heavy (non-hydrogen) atoms. The van der Waals surface area contributed by atoms with Gasteiger partial charge in [-0.2, -0.15) is 0 Å². The molecule has 5 heteroatoms. The first-order chi connectivity index (χ1) is 11.5. The largest absolute Gasteiger partial charge is 0.342 e. The van der Waals surface area contributed by atoms with Gasteiger partial charge in [0.1, 0.15) is 0 Å². The first kappa shape index (κ1) is 17.7. The third kappa shape index (κ3) is 4.29. The molecule has 2 aliphatic heterocycles. The Morgan fingerprint density at radius 2 is 1.88 bits per heavy atom. The summed E-state index contributed by atoms with van der Waals surface area (Å²) in [5, 5.41) is 0.797. The number of likely N-dealkylation sites (tertiary alicyclic amines) is 1. The molecule has 2 fully saturated rings. The van der Waals surface area contributed by atoms with E-state index in [-0.39, 0.29) is 5.91 Å². The summed E-state index contributed by atoms with van der Waals surface area (Å²) < 4.78 is 0. The van der Waals surface area contributed by atoms with Crippen LogP contribution in [0.1, 0.15) is 25.8 Å². The summed E-state index contributed by atoms with van der Waals surface area (Å²) >= 11 is 5.98. The molecule has 0 saturated carbocycles. The van der Waals surface area contributed by atoms with Gasteiger partial charge in [-0.1, -0.05) is 30.7 Å². The van der Waals surface area contributed by atoms with Gasteiger partial charge in [0.25, 0.3) is 0 Å². The summed E-state index contributed by atoms with van der Waals surface area (Å²) in [5.74, 6) is 0.877. The highest BCUT2D eigenvalue weighted by Crippen LogP contribution is 2.25. The van der Waals surface area contributed by atoms with E-state index >= 15 is 0 Å². The second-order valence-electron chi connectivity index (χ2n) is 7.26. The molecule has 132 valence electrons. The van der Waals surface area contributed by atoms with Gasteiger partial charge < -0.3 is 4.90 Å². The lowest BCUT2D eigenvalue weighted by molar-refractivity contribution is -0.128. The number of carbonyl (C=O) groups is 1. The minimum atomic E-state index is 0.209. The fourth-order valence-corrected chi connectivity index (χ4v) is 4.21. The first-order valence-corrected chi connectivity index (χ1v) is 9.37. The zero-order chi connectivity index (χ0) is 17.1. The van der Waals surface area contributed by atoms with E-state index in [1.54, 1.807) is 6.92 Å². The molecule has 1 aromatic carbocycles. The summed E-state index contributed by atoms with van der Waals surface area (Å²) in [6, 6.07) is 8.79. The SMILES string of the molecule is CC(=O)N1CCCN([C@H]2CN(Cc3ccc(Cl)cc3)C[C@H]2C)CC1. The summed E-state index contributed by atoms with van der Waals surface area (Å²) in [7, 11) is 0. The number of benzene rings is 1. The van der Waals surface area contributed by atoms with Crippen molar-refractivity contribution >= 4 is 17.5 Å². The van der Waals surface area contributed by atoms with Crippen molar-refractivity contribution in [1.82, 2.24) is 14.7 Å². The number of halogens is 1. The van der Waals surface area contributed by atoms with Gasteiger partial charge in [0.2, 0.25) is 5.91 Å². The minimum absolute atomic E-state index is 0.209. The van der Waals surface area contributed by atoms with Crippen LogP contribution in [0.5, 0.6) is 0 Å². The first-order valence-electron chi connectivity index (χ1n) is 8.99. The Morgan fingerprint density at radius 3 is 2.58 bits per heavy atom. The summed E-state index contributed by atoms with van der Waals surface area (Å²) in [5.41, 5.74) is 1.32. The van der Waals surface area contributed by atoms with Crippen LogP contribution in [-0.2, 0) is 11.3 Å². The van der Waals surface area contributed by atoms with Crippen molar-refractivity contribution in [3.63, 3.8) is 0 Å². The quantitative estimate of drug-likeness (QED) is 0.839. The van der Waals surface area contributed by atoms with Gasteiger partial charge in [-0.3, -0.25) is 14.6 Å². The van der Waals surface area contributed by atoms with Gasteiger partial charge in [-0.15, -0.1) is 0 Å². The fraction of sp³-hybridized carbons (Fsp3) is 0.632. The molecule has 0 bridgehead atoms. The van der Waals surface area contributed by atoms with E-state index in [1.165, 1.54) is 5.56 Å². The molecule has 2 saturated heterocycles. The number of hydrogen-bond donors (Lipinski definition) is 0. The minimum Gasteiger partial charge on any atom is -0.342 e. The molecule has 2 atom stereocenters. The van der Waals surface area contributed by atoms with Crippen molar-refractivity contribution in [2.24, 2.45) is 5.92 Å². The van der Waals surface area contributed by atoms with Crippen LogP contribution in [0.4, 0.5) is 0 Å². The average Bonchev–Trinajstić information content (AvgIpc) is 2.76.